The molecule has 0 amide bonds. The van der Waals surface area contributed by atoms with Gasteiger partial charge in [0.1, 0.15) is 12.8 Å². The molecule has 0 aliphatic carbocycles. The van der Waals surface area contributed by atoms with Crippen molar-refractivity contribution in [3.05, 3.63) is 66.6 Å². The van der Waals surface area contributed by atoms with Crippen LogP contribution in [-0.4, -0.2) is 36.4 Å². The number of ether oxygens (including phenoxy) is 3. The Morgan fingerprint density at radius 1 is 0.833 bits per heavy atom. The van der Waals surface area contributed by atoms with Crippen LogP contribution in [0.4, 0.5) is 0 Å². The van der Waals surface area contributed by atoms with E-state index >= 15 is 0 Å². The van der Waals surface area contributed by atoms with Crippen LogP contribution in [0.25, 0.3) is 54.6 Å². The number of hydrogen-bond acceptors (Lipinski definition) is 5. The topological polar surface area (TPSA) is 80.5 Å². The first-order valence-electron chi connectivity index (χ1n) is 11.6. The Morgan fingerprint density at radius 2 is 1.58 bits per heavy atom. The molecule has 180 valence electrons. The molecule has 7 heteroatoms. The highest BCUT2D eigenvalue weighted by Crippen LogP contribution is 2.43. The third-order valence-electron chi connectivity index (χ3n) is 6.96. The second kappa shape index (κ2) is 8.39. The van der Waals surface area contributed by atoms with E-state index in [1.807, 2.05) is 31.3 Å². The monoisotopic (exact) mass is 480 g/mol. The number of benzene rings is 4. The largest absolute Gasteiger partial charge is 0.495 e. The van der Waals surface area contributed by atoms with Crippen molar-refractivity contribution in [2.24, 2.45) is 7.05 Å². The summed E-state index contributed by atoms with van der Waals surface area (Å²) in [6, 6.07) is 16.5. The van der Waals surface area contributed by atoms with E-state index in [0.717, 1.165) is 60.2 Å². The molecule has 0 bridgehead atoms. The first-order valence-corrected chi connectivity index (χ1v) is 11.6. The summed E-state index contributed by atoms with van der Waals surface area (Å²) in [6.07, 6.45) is 3.77. The van der Waals surface area contributed by atoms with E-state index in [1.54, 1.807) is 27.7 Å². The zero-order chi connectivity index (χ0) is 25.0. The van der Waals surface area contributed by atoms with Crippen LogP contribution in [0.2, 0.25) is 0 Å². The van der Waals surface area contributed by atoms with Crippen LogP contribution in [0, 0.1) is 0 Å². The molecule has 2 heterocycles. The first-order chi connectivity index (χ1) is 17.6. The van der Waals surface area contributed by atoms with Gasteiger partial charge in [0, 0.05) is 16.3 Å². The maximum atomic E-state index is 9.88. The summed E-state index contributed by atoms with van der Waals surface area (Å²) in [5.41, 5.74) is 5.82. The molecule has 2 N–H and O–H groups in total. The number of aromatic nitrogens is 3. The first kappa shape index (κ1) is 22.1. The number of aryl methyl sites for hydroxylation is 1. The highest BCUT2D eigenvalue weighted by Gasteiger charge is 2.23. The second-order valence-corrected chi connectivity index (χ2v) is 8.82. The second-order valence-electron chi connectivity index (χ2n) is 8.82. The Hall–Kier alpha value is -4.36. The fraction of sp³-hybridized carbons (Fsp3) is 0.172. The quantitative estimate of drug-likeness (QED) is 0.267. The van der Waals surface area contributed by atoms with Gasteiger partial charge >= 0.3 is 0 Å². The van der Waals surface area contributed by atoms with E-state index in [1.165, 1.54) is 0 Å². The Labute approximate surface area is 207 Å². The molecule has 2 aromatic heterocycles. The van der Waals surface area contributed by atoms with E-state index < -0.39 is 0 Å². The number of imidazole rings is 1. The van der Waals surface area contributed by atoms with Crippen molar-refractivity contribution in [1.82, 2.24) is 9.97 Å². The van der Waals surface area contributed by atoms with Gasteiger partial charge in [0.2, 0.25) is 5.52 Å². The van der Waals surface area contributed by atoms with Gasteiger partial charge in [-0.2, -0.15) is 4.57 Å². The zero-order valence-corrected chi connectivity index (χ0v) is 20.5. The molecule has 7 nitrogen and oxygen atoms in total. The number of fused-ring (bicyclic) bond motifs is 6. The lowest BCUT2D eigenvalue weighted by atomic mass is 9.92. The van der Waals surface area contributed by atoms with E-state index in [9.17, 15) is 5.11 Å². The van der Waals surface area contributed by atoms with Gasteiger partial charge in [-0.25, -0.2) is 4.98 Å². The number of hydrogen-bond donors (Lipinski definition) is 2. The van der Waals surface area contributed by atoms with E-state index in [-0.39, 0.29) is 6.61 Å². The molecule has 0 saturated heterocycles. The summed E-state index contributed by atoms with van der Waals surface area (Å²) in [4.78, 5) is 7.60. The maximum absolute atomic E-state index is 9.88. The fourth-order valence-electron chi connectivity index (χ4n) is 5.29. The normalized spacial score (nSPS) is 11.6. The zero-order valence-electron chi connectivity index (χ0n) is 20.5. The summed E-state index contributed by atoms with van der Waals surface area (Å²) >= 11 is 0. The maximum Gasteiger partial charge on any atom is 0.220 e. The number of aromatic amines is 1. The van der Waals surface area contributed by atoms with Crippen molar-refractivity contribution < 1.29 is 23.9 Å². The van der Waals surface area contributed by atoms with Crippen LogP contribution < -0.4 is 18.8 Å². The average Bonchev–Trinajstić information content (AvgIpc) is 3.38. The third kappa shape index (κ3) is 3.17. The summed E-state index contributed by atoms with van der Waals surface area (Å²) in [6.45, 7) is -0.0922. The van der Waals surface area contributed by atoms with Crippen molar-refractivity contribution in [2.75, 3.05) is 21.3 Å². The van der Waals surface area contributed by atoms with Crippen LogP contribution in [0.5, 0.6) is 17.2 Å². The van der Waals surface area contributed by atoms with E-state index in [4.69, 9.17) is 14.2 Å². The van der Waals surface area contributed by atoms with Gasteiger partial charge in [0.15, 0.2) is 17.7 Å². The standard InChI is InChI=1S/C29H26N3O4/c1-32-13-23-18(7-5-17(14-33)29(23)36-4)21-10-19(16-6-8-24-25(9-16)31-15-30-24)20-11-26(34-2)27(35-3)12-22(20)28(21)32/h5-13,15,33H,14H2,1-4H3,(H,30,31)/q+1. The van der Waals surface area contributed by atoms with Gasteiger partial charge in [0.05, 0.1) is 61.5 Å². The molecule has 6 rings (SSSR count). The summed E-state index contributed by atoms with van der Waals surface area (Å²) < 4.78 is 19.2. The molecule has 0 fully saturated rings. The van der Waals surface area contributed by atoms with Gasteiger partial charge in [-0.05, 0) is 41.5 Å². The van der Waals surface area contributed by atoms with Gasteiger partial charge in [0.25, 0.3) is 0 Å². The summed E-state index contributed by atoms with van der Waals surface area (Å²) in [7, 11) is 6.97. The number of H-pyrrole nitrogens is 1. The predicted molar refractivity (Wildman–Crippen MR) is 141 cm³/mol. The molecule has 0 atom stereocenters. The van der Waals surface area contributed by atoms with Crippen molar-refractivity contribution in [3.8, 4) is 28.4 Å². The van der Waals surface area contributed by atoms with Crippen molar-refractivity contribution >= 4 is 43.5 Å². The Bertz CT molecular complexity index is 1810. The van der Waals surface area contributed by atoms with E-state index in [2.05, 4.69) is 45.0 Å². The number of aliphatic hydroxyl groups excluding tert-OH is 1. The molecule has 0 spiro atoms. The molecule has 0 saturated carbocycles. The van der Waals surface area contributed by atoms with Crippen LogP contribution in [-0.2, 0) is 13.7 Å². The Balaban J connectivity index is 1.82. The van der Waals surface area contributed by atoms with Crippen molar-refractivity contribution in [1.29, 1.82) is 0 Å². The number of nitrogens with zero attached hydrogens (tertiary/aromatic N) is 2. The molecule has 0 aliphatic heterocycles. The molecule has 6 aromatic rings. The molecule has 0 unspecified atom stereocenters. The lowest BCUT2D eigenvalue weighted by molar-refractivity contribution is -0.642. The van der Waals surface area contributed by atoms with Crippen LogP contribution in [0.3, 0.4) is 0 Å². The molecule has 36 heavy (non-hydrogen) atoms. The fourth-order valence-corrected chi connectivity index (χ4v) is 5.29. The number of methoxy groups -OCH3 is 3. The Kier molecular flexibility index (Phi) is 5.16. The smallest absolute Gasteiger partial charge is 0.220 e. The summed E-state index contributed by atoms with van der Waals surface area (Å²) in [5.74, 6) is 2.02. The number of pyridine rings is 1. The minimum Gasteiger partial charge on any atom is -0.495 e. The van der Waals surface area contributed by atoms with Crippen molar-refractivity contribution in [3.63, 3.8) is 0 Å². The number of rotatable bonds is 5. The highest BCUT2D eigenvalue weighted by atomic mass is 16.5. The SMILES string of the molecule is COc1cc2c(-c3ccc4nc[nH]c4c3)cc3c4ccc(CO)c(OC)c4c[n+](C)c3c2cc1OC. The average molecular weight is 481 g/mol. The lowest BCUT2D eigenvalue weighted by Crippen LogP contribution is -2.29. The predicted octanol–water partition coefficient (Wildman–Crippen LogP) is 5.03. The highest BCUT2D eigenvalue weighted by molar-refractivity contribution is 6.19. The van der Waals surface area contributed by atoms with Crippen LogP contribution >= 0.6 is 0 Å². The van der Waals surface area contributed by atoms with Gasteiger partial charge in [-0.3, -0.25) is 0 Å². The lowest BCUT2D eigenvalue weighted by Gasteiger charge is -2.16. The van der Waals surface area contributed by atoms with Gasteiger partial charge < -0.3 is 24.3 Å². The van der Waals surface area contributed by atoms with Crippen LogP contribution in [0.15, 0.2) is 61.1 Å². The number of aliphatic hydroxyl groups is 1. The molecular formula is C29H26N3O4+. The van der Waals surface area contributed by atoms with Gasteiger partial charge in [-0.1, -0.05) is 18.2 Å². The minimum absolute atomic E-state index is 0.0922. The van der Waals surface area contributed by atoms with Crippen molar-refractivity contribution in [2.45, 2.75) is 6.61 Å². The molecule has 0 radical (unpaired) electrons. The minimum atomic E-state index is -0.0922. The number of nitrogens with one attached hydrogen (secondary N) is 1. The molecule has 0 aliphatic rings. The molecular weight excluding hydrogens is 454 g/mol. The summed E-state index contributed by atoms with van der Waals surface area (Å²) in [5, 5.41) is 15.0. The van der Waals surface area contributed by atoms with Crippen LogP contribution in [0.1, 0.15) is 5.56 Å². The van der Waals surface area contributed by atoms with E-state index in [0.29, 0.717) is 17.2 Å². The molecule has 4 aromatic carbocycles. The van der Waals surface area contributed by atoms with Gasteiger partial charge in [-0.15, -0.1) is 0 Å². The Morgan fingerprint density at radius 3 is 2.31 bits per heavy atom. The third-order valence-corrected chi connectivity index (χ3v) is 6.96.